The molecular weight excluding hydrogens is 412 g/mol. The molecule has 1 fully saturated rings. The summed E-state index contributed by atoms with van der Waals surface area (Å²) in [5.74, 6) is -0.247. The molecule has 0 aliphatic carbocycles. The number of amides is 1. The Balaban J connectivity index is 1.39. The molecule has 2 aliphatic rings. The first-order valence-electron chi connectivity index (χ1n) is 9.03. The van der Waals surface area contributed by atoms with E-state index < -0.39 is 4.92 Å². The van der Waals surface area contributed by atoms with E-state index in [1.807, 2.05) is 18.2 Å². The van der Waals surface area contributed by atoms with Crippen LogP contribution in [-0.4, -0.2) is 47.1 Å². The van der Waals surface area contributed by atoms with E-state index in [0.717, 1.165) is 37.4 Å². The van der Waals surface area contributed by atoms with Gasteiger partial charge in [-0.3, -0.25) is 14.9 Å². The van der Waals surface area contributed by atoms with Crippen molar-refractivity contribution in [1.29, 1.82) is 0 Å². The number of carbonyl (C=O) groups is 1. The quantitative estimate of drug-likeness (QED) is 0.417. The van der Waals surface area contributed by atoms with Crippen LogP contribution in [0.15, 0.2) is 58.4 Å². The van der Waals surface area contributed by atoms with Gasteiger partial charge in [-0.25, -0.2) is 0 Å². The molecule has 0 unspecified atom stereocenters. The van der Waals surface area contributed by atoms with E-state index in [2.05, 4.69) is 14.8 Å². The maximum absolute atomic E-state index is 12.3. The fourth-order valence-electron chi connectivity index (χ4n) is 3.21. The van der Waals surface area contributed by atoms with Crippen LogP contribution in [0.1, 0.15) is 5.56 Å². The molecule has 2 aromatic carbocycles. The Bertz CT molecular complexity index is 1010. The monoisotopic (exact) mass is 428 g/mol. The van der Waals surface area contributed by atoms with Crippen LogP contribution in [0.3, 0.4) is 0 Å². The lowest BCUT2D eigenvalue weighted by atomic mass is 10.2. The van der Waals surface area contributed by atoms with Crippen LogP contribution in [0.25, 0.3) is 6.08 Å². The molecule has 7 nitrogen and oxygen atoms in total. The van der Waals surface area contributed by atoms with Gasteiger partial charge in [0.05, 0.1) is 9.83 Å². The lowest BCUT2D eigenvalue weighted by Gasteiger charge is -2.36. The van der Waals surface area contributed by atoms with Gasteiger partial charge < -0.3 is 9.80 Å². The lowest BCUT2D eigenvalue weighted by molar-refractivity contribution is -0.384. The highest BCUT2D eigenvalue weighted by atomic mass is 35.5. The second kappa shape index (κ2) is 8.26. The number of rotatable bonds is 3. The van der Waals surface area contributed by atoms with E-state index >= 15 is 0 Å². The number of carbonyl (C=O) groups excluding carboxylic acids is 1. The molecule has 0 spiro atoms. The molecule has 0 radical (unpaired) electrons. The van der Waals surface area contributed by atoms with E-state index in [1.165, 1.54) is 23.9 Å². The molecule has 0 bridgehead atoms. The maximum Gasteiger partial charge on any atom is 0.286 e. The van der Waals surface area contributed by atoms with Crippen molar-refractivity contribution < 1.29 is 9.72 Å². The van der Waals surface area contributed by atoms with Gasteiger partial charge in [-0.15, -0.1) is 0 Å². The van der Waals surface area contributed by atoms with Crippen molar-refractivity contribution in [3.05, 3.63) is 74.1 Å². The Morgan fingerprint density at radius 2 is 1.69 bits per heavy atom. The second-order valence-corrected chi connectivity index (χ2v) is 8.00. The summed E-state index contributed by atoms with van der Waals surface area (Å²) in [6.45, 7) is 2.93. The summed E-state index contributed by atoms with van der Waals surface area (Å²) in [6.07, 6.45) is 1.78. The zero-order valence-corrected chi connectivity index (χ0v) is 16.9. The summed E-state index contributed by atoms with van der Waals surface area (Å²) >= 11 is 7.55. The van der Waals surface area contributed by atoms with Gasteiger partial charge in [-0.2, -0.15) is 4.99 Å². The van der Waals surface area contributed by atoms with E-state index in [-0.39, 0.29) is 11.6 Å². The number of nitro benzene ring substituents is 1. The fraction of sp³-hybridized carbons (Fsp3) is 0.200. The molecule has 0 aromatic heterocycles. The minimum Gasteiger partial charge on any atom is -0.368 e. The largest absolute Gasteiger partial charge is 0.368 e. The molecule has 9 heteroatoms. The van der Waals surface area contributed by atoms with Gasteiger partial charge in [0.1, 0.15) is 0 Å². The highest BCUT2D eigenvalue weighted by molar-refractivity contribution is 8.18. The predicted octanol–water partition coefficient (Wildman–Crippen LogP) is 4.04. The van der Waals surface area contributed by atoms with Crippen LogP contribution in [0.4, 0.5) is 11.4 Å². The molecule has 2 heterocycles. The van der Waals surface area contributed by atoms with E-state index in [0.29, 0.717) is 15.1 Å². The number of halogens is 1. The summed E-state index contributed by atoms with van der Waals surface area (Å²) < 4.78 is 0. The summed E-state index contributed by atoms with van der Waals surface area (Å²) in [5, 5.41) is 12.1. The van der Waals surface area contributed by atoms with E-state index in [4.69, 9.17) is 11.6 Å². The van der Waals surface area contributed by atoms with Crippen molar-refractivity contribution in [2.24, 2.45) is 4.99 Å². The van der Waals surface area contributed by atoms with Crippen molar-refractivity contribution in [2.75, 3.05) is 31.1 Å². The topological polar surface area (TPSA) is 79.0 Å². The van der Waals surface area contributed by atoms with E-state index in [9.17, 15) is 14.9 Å². The average molecular weight is 429 g/mol. The van der Waals surface area contributed by atoms with Crippen LogP contribution in [0, 0.1) is 10.1 Å². The number of piperazine rings is 1. The van der Waals surface area contributed by atoms with Gasteiger partial charge in [0, 0.05) is 49.0 Å². The third kappa shape index (κ3) is 4.28. The maximum atomic E-state index is 12.3. The van der Waals surface area contributed by atoms with Gasteiger partial charge in [0.25, 0.3) is 11.6 Å². The summed E-state index contributed by atoms with van der Waals surface area (Å²) in [6, 6.07) is 13.9. The number of aliphatic imine (C=N–C) groups is 1. The molecule has 29 heavy (non-hydrogen) atoms. The van der Waals surface area contributed by atoms with Crippen molar-refractivity contribution >= 4 is 51.9 Å². The number of nitro groups is 1. The number of hydrogen-bond acceptors (Lipinski definition) is 6. The Morgan fingerprint density at radius 3 is 2.34 bits per heavy atom. The van der Waals surface area contributed by atoms with Gasteiger partial charge in [0.2, 0.25) is 0 Å². The summed E-state index contributed by atoms with van der Waals surface area (Å²) in [5.41, 5.74) is 1.83. The van der Waals surface area contributed by atoms with Gasteiger partial charge in [-0.1, -0.05) is 29.8 Å². The molecule has 0 N–H and O–H groups in total. The lowest BCUT2D eigenvalue weighted by Crippen LogP contribution is -2.47. The third-order valence-electron chi connectivity index (χ3n) is 4.78. The number of hydrogen-bond donors (Lipinski definition) is 0. The van der Waals surface area contributed by atoms with Crippen LogP contribution in [0.2, 0.25) is 5.02 Å². The molecule has 4 rings (SSSR count). The number of thioether (sulfide) groups is 1. The first kappa shape index (κ1) is 19.5. The Hall–Kier alpha value is -2.84. The van der Waals surface area contributed by atoms with Crippen molar-refractivity contribution in [3.8, 4) is 0 Å². The van der Waals surface area contributed by atoms with Crippen LogP contribution in [0.5, 0.6) is 0 Å². The number of nitrogens with zero attached hydrogens (tertiary/aromatic N) is 4. The number of anilines is 1. The fourth-order valence-corrected chi connectivity index (χ4v) is 4.35. The Labute approximate surface area is 176 Å². The first-order chi connectivity index (χ1) is 14.0. The Kier molecular flexibility index (Phi) is 5.55. The molecular formula is C20H17ClN4O3S. The number of non-ortho nitro benzene ring substituents is 1. The van der Waals surface area contributed by atoms with Crippen molar-refractivity contribution in [3.63, 3.8) is 0 Å². The minimum absolute atomic E-state index is 0.0837. The number of benzene rings is 2. The SMILES string of the molecule is O=C1N=C(N2CCN(c3ccc([N+](=O)[O-])cc3)CC2)S/C1=C/c1ccccc1Cl. The standard InChI is InChI=1S/C20H17ClN4O3S/c21-17-4-2-1-3-14(17)13-18-19(26)22-20(29-18)24-11-9-23(10-12-24)15-5-7-16(8-6-15)25(27)28/h1-8,13H,9-12H2/b18-13+. The first-order valence-corrected chi connectivity index (χ1v) is 10.2. The van der Waals surface area contributed by atoms with Crippen molar-refractivity contribution in [2.45, 2.75) is 0 Å². The van der Waals surface area contributed by atoms with E-state index in [1.54, 1.807) is 24.3 Å². The van der Waals surface area contributed by atoms with Gasteiger partial charge in [-0.05, 0) is 41.6 Å². The summed E-state index contributed by atoms with van der Waals surface area (Å²) in [7, 11) is 0. The molecule has 2 aliphatic heterocycles. The van der Waals surface area contributed by atoms with Gasteiger partial charge >= 0.3 is 0 Å². The highest BCUT2D eigenvalue weighted by Gasteiger charge is 2.28. The number of amidine groups is 1. The smallest absolute Gasteiger partial charge is 0.286 e. The van der Waals surface area contributed by atoms with Gasteiger partial charge in [0.15, 0.2) is 5.17 Å². The molecule has 1 saturated heterocycles. The predicted molar refractivity (Wildman–Crippen MR) is 116 cm³/mol. The van der Waals surface area contributed by atoms with Crippen LogP contribution >= 0.6 is 23.4 Å². The molecule has 148 valence electrons. The average Bonchev–Trinajstić information content (AvgIpc) is 3.10. The normalized spacial score (nSPS) is 18.3. The van der Waals surface area contributed by atoms with Crippen molar-refractivity contribution in [1.82, 2.24) is 4.90 Å². The molecule has 2 aromatic rings. The van der Waals surface area contributed by atoms with Crippen LogP contribution in [-0.2, 0) is 4.79 Å². The molecule has 0 atom stereocenters. The minimum atomic E-state index is -0.401. The molecule has 1 amide bonds. The third-order valence-corrected chi connectivity index (χ3v) is 6.17. The zero-order valence-electron chi connectivity index (χ0n) is 15.3. The zero-order chi connectivity index (χ0) is 20.4. The highest BCUT2D eigenvalue weighted by Crippen LogP contribution is 2.32. The Morgan fingerprint density at radius 1 is 1.03 bits per heavy atom. The summed E-state index contributed by atoms with van der Waals surface area (Å²) in [4.78, 5) is 31.7. The second-order valence-electron chi connectivity index (χ2n) is 6.58. The van der Waals surface area contributed by atoms with Crippen LogP contribution < -0.4 is 4.90 Å². The molecule has 0 saturated carbocycles.